The third-order valence-electron chi connectivity index (χ3n) is 2.79. The topological polar surface area (TPSA) is 64.9 Å². The number of benzene rings is 2. The monoisotopic (exact) mass is 351 g/mol. The normalized spacial score (nSPS) is 10.8. The van der Waals surface area contributed by atoms with Crippen molar-refractivity contribution < 1.29 is 13.3 Å². The molecule has 0 saturated carbocycles. The van der Waals surface area contributed by atoms with Crippen molar-refractivity contribution in [2.24, 2.45) is 0 Å². The number of nitrogen functional groups attached to an aromatic ring is 1. The van der Waals surface area contributed by atoms with Crippen molar-refractivity contribution in [3.05, 3.63) is 52.5 Å². The van der Waals surface area contributed by atoms with Crippen LogP contribution in [0.5, 0.6) is 0 Å². The van der Waals surface area contributed by atoms with E-state index < -0.39 is 11.6 Å². The average Bonchev–Trinajstić information content (AvgIpc) is 2.90. The van der Waals surface area contributed by atoms with E-state index in [0.29, 0.717) is 11.3 Å². The number of rotatable bonds is 2. The van der Waals surface area contributed by atoms with E-state index in [4.69, 9.17) is 10.3 Å². The highest BCUT2D eigenvalue weighted by Crippen LogP contribution is 2.28. The fourth-order valence-electron chi connectivity index (χ4n) is 1.82. The van der Waals surface area contributed by atoms with Crippen LogP contribution in [0.2, 0.25) is 0 Å². The van der Waals surface area contributed by atoms with E-state index in [9.17, 15) is 8.78 Å². The Morgan fingerprint density at radius 3 is 2.38 bits per heavy atom. The van der Waals surface area contributed by atoms with Gasteiger partial charge in [0, 0.05) is 27.4 Å². The van der Waals surface area contributed by atoms with E-state index in [2.05, 4.69) is 26.1 Å². The molecule has 0 aliphatic rings. The van der Waals surface area contributed by atoms with Crippen LogP contribution in [0.25, 0.3) is 22.8 Å². The summed E-state index contributed by atoms with van der Waals surface area (Å²) in [4.78, 5) is 4.12. The molecule has 4 nitrogen and oxygen atoms in total. The maximum absolute atomic E-state index is 13.2. The van der Waals surface area contributed by atoms with E-state index in [1.54, 1.807) is 18.2 Å². The van der Waals surface area contributed by atoms with Crippen LogP contribution in [0.4, 0.5) is 14.5 Å². The predicted molar refractivity (Wildman–Crippen MR) is 77.2 cm³/mol. The van der Waals surface area contributed by atoms with Gasteiger partial charge in [-0.05, 0) is 46.3 Å². The Bertz CT molecular complexity index is 799. The van der Waals surface area contributed by atoms with Gasteiger partial charge in [0.05, 0.1) is 0 Å². The zero-order chi connectivity index (χ0) is 15.0. The molecule has 0 amide bonds. The minimum atomic E-state index is -0.704. The van der Waals surface area contributed by atoms with E-state index in [1.165, 1.54) is 0 Å². The lowest BCUT2D eigenvalue weighted by atomic mass is 10.2. The van der Waals surface area contributed by atoms with Gasteiger partial charge in [0.1, 0.15) is 11.6 Å². The molecule has 0 atom stereocenters. The summed E-state index contributed by atoms with van der Waals surface area (Å²) in [6.45, 7) is 0. The average molecular weight is 352 g/mol. The quantitative estimate of drug-likeness (QED) is 0.708. The fraction of sp³-hybridized carbons (Fsp3) is 0. The van der Waals surface area contributed by atoms with Gasteiger partial charge in [0.25, 0.3) is 5.89 Å². The lowest BCUT2D eigenvalue weighted by Gasteiger charge is -1.99. The van der Waals surface area contributed by atoms with Crippen LogP contribution >= 0.6 is 15.9 Å². The second kappa shape index (κ2) is 5.25. The van der Waals surface area contributed by atoms with Crippen molar-refractivity contribution in [1.82, 2.24) is 10.1 Å². The Morgan fingerprint density at radius 2 is 1.71 bits per heavy atom. The third kappa shape index (κ3) is 2.78. The second-order valence-corrected chi connectivity index (χ2v) is 5.17. The fourth-order valence-corrected chi connectivity index (χ4v) is 2.06. The summed E-state index contributed by atoms with van der Waals surface area (Å²) in [5, 5.41) is 3.73. The van der Waals surface area contributed by atoms with Gasteiger partial charge in [-0.25, -0.2) is 8.78 Å². The Morgan fingerprint density at radius 1 is 1.00 bits per heavy atom. The molecule has 1 aromatic heterocycles. The van der Waals surface area contributed by atoms with Crippen molar-refractivity contribution in [1.29, 1.82) is 0 Å². The zero-order valence-corrected chi connectivity index (χ0v) is 12.1. The number of hydrogen-bond acceptors (Lipinski definition) is 4. The van der Waals surface area contributed by atoms with E-state index >= 15 is 0 Å². The van der Waals surface area contributed by atoms with Gasteiger partial charge in [0.2, 0.25) is 5.82 Å². The minimum absolute atomic E-state index is 0.102. The van der Waals surface area contributed by atoms with Gasteiger partial charge in [-0.2, -0.15) is 4.98 Å². The highest BCUT2D eigenvalue weighted by molar-refractivity contribution is 9.10. The lowest BCUT2D eigenvalue weighted by molar-refractivity contribution is 0.432. The Labute approximate surface area is 126 Å². The summed E-state index contributed by atoms with van der Waals surface area (Å²) in [7, 11) is 0. The molecule has 0 aliphatic heterocycles. The SMILES string of the molecule is Nc1cc(-c2nc(-c3cc(F)cc(F)c3)no2)ccc1Br. The molecule has 2 N–H and O–H groups in total. The maximum atomic E-state index is 13.2. The minimum Gasteiger partial charge on any atom is -0.398 e. The van der Waals surface area contributed by atoms with Gasteiger partial charge < -0.3 is 10.3 Å². The molecule has 1 heterocycles. The Hall–Kier alpha value is -2.28. The predicted octanol–water partition coefficient (Wildman–Crippen LogP) is 4.03. The Balaban J connectivity index is 2.01. The van der Waals surface area contributed by atoms with E-state index in [-0.39, 0.29) is 17.3 Å². The zero-order valence-electron chi connectivity index (χ0n) is 10.5. The van der Waals surface area contributed by atoms with Crippen LogP contribution in [-0.2, 0) is 0 Å². The van der Waals surface area contributed by atoms with E-state index in [0.717, 1.165) is 22.7 Å². The summed E-state index contributed by atoms with van der Waals surface area (Å²) >= 11 is 3.28. The maximum Gasteiger partial charge on any atom is 0.258 e. The van der Waals surface area contributed by atoms with Crippen molar-refractivity contribution in [2.45, 2.75) is 0 Å². The first-order chi connectivity index (χ1) is 10.0. The number of anilines is 1. The standard InChI is InChI=1S/C14H8BrF2N3O/c15-11-2-1-7(5-12(11)18)14-19-13(20-21-14)8-3-9(16)6-10(17)4-8/h1-6H,18H2. The molecule has 0 spiro atoms. The van der Waals surface area contributed by atoms with Crippen LogP contribution in [0.15, 0.2) is 45.4 Å². The highest BCUT2D eigenvalue weighted by Gasteiger charge is 2.13. The molecule has 2 aromatic carbocycles. The molecule has 0 fully saturated rings. The third-order valence-corrected chi connectivity index (χ3v) is 3.51. The molecule has 0 radical (unpaired) electrons. The van der Waals surface area contributed by atoms with Crippen LogP contribution < -0.4 is 5.73 Å². The molecule has 21 heavy (non-hydrogen) atoms. The van der Waals surface area contributed by atoms with Crippen LogP contribution in [0, 0.1) is 11.6 Å². The number of nitrogens with two attached hydrogens (primary N) is 1. The molecule has 3 aromatic rings. The van der Waals surface area contributed by atoms with Crippen molar-refractivity contribution in [3.8, 4) is 22.8 Å². The first-order valence-electron chi connectivity index (χ1n) is 5.88. The molecule has 106 valence electrons. The number of aromatic nitrogens is 2. The lowest BCUT2D eigenvalue weighted by Crippen LogP contribution is -1.88. The summed E-state index contributed by atoms with van der Waals surface area (Å²) in [6, 6.07) is 8.19. The van der Waals surface area contributed by atoms with Gasteiger partial charge in [-0.15, -0.1) is 0 Å². The molecule has 0 unspecified atom stereocenters. The highest BCUT2D eigenvalue weighted by atomic mass is 79.9. The number of hydrogen-bond donors (Lipinski definition) is 1. The van der Waals surface area contributed by atoms with Crippen molar-refractivity contribution in [2.75, 3.05) is 5.73 Å². The molecular formula is C14H8BrF2N3O. The number of nitrogens with zero attached hydrogens (tertiary/aromatic N) is 2. The van der Waals surface area contributed by atoms with Crippen LogP contribution in [-0.4, -0.2) is 10.1 Å². The summed E-state index contributed by atoms with van der Waals surface area (Å²) in [5.74, 6) is -1.09. The first-order valence-corrected chi connectivity index (χ1v) is 6.68. The summed E-state index contributed by atoms with van der Waals surface area (Å²) < 4.78 is 32.2. The molecule has 7 heteroatoms. The molecular weight excluding hydrogens is 344 g/mol. The number of halogens is 3. The Kier molecular flexibility index (Phi) is 3.42. The van der Waals surface area contributed by atoms with E-state index in [1.807, 2.05) is 0 Å². The molecule has 0 saturated heterocycles. The van der Waals surface area contributed by atoms with Crippen molar-refractivity contribution in [3.63, 3.8) is 0 Å². The smallest absolute Gasteiger partial charge is 0.258 e. The summed E-state index contributed by atoms with van der Waals surface area (Å²) in [5.41, 5.74) is 7.12. The van der Waals surface area contributed by atoms with Crippen molar-refractivity contribution >= 4 is 21.6 Å². The van der Waals surface area contributed by atoms with Gasteiger partial charge in [-0.3, -0.25) is 0 Å². The van der Waals surface area contributed by atoms with Crippen LogP contribution in [0.3, 0.4) is 0 Å². The first kappa shape index (κ1) is 13.7. The van der Waals surface area contributed by atoms with Gasteiger partial charge in [-0.1, -0.05) is 5.16 Å². The summed E-state index contributed by atoms with van der Waals surface area (Å²) in [6.07, 6.45) is 0. The second-order valence-electron chi connectivity index (χ2n) is 4.32. The van der Waals surface area contributed by atoms with Crippen LogP contribution in [0.1, 0.15) is 0 Å². The molecule has 0 aliphatic carbocycles. The molecule has 3 rings (SSSR count). The van der Waals surface area contributed by atoms with Gasteiger partial charge >= 0.3 is 0 Å². The van der Waals surface area contributed by atoms with Gasteiger partial charge in [0.15, 0.2) is 0 Å². The largest absolute Gasteiger partial charge is 0.398 e. The molecule has 0 bridgehead atoms.